The highest BCUT2D eigenvalue weighted by atomic mass is 79.9. The van der Waals surface area contributed by atoms with E-state index in [4.69, 9.17) is 4.74 Å². The van der Waals surface area contributed by atoms with Crippen molar-refractivity contribution in [1.29, 1.82) is 0 Å². The maximum absolute atomic E-state index is 10.8. The third kappa shape index (κ3) is 2.43. The molecule has 0 aromatic heterocycles. The molecule has 110 valence electrons. The first-order chi connectivity index (χ1) is 9.44. The summed E-state index contributed by atoms with van der Waals surface area (Å²) in [6, 6.07) is 4.79. The zero-order chi connectivity index (χ0) is 14.9. The van der Waals surface area contributed by atoms with Crippen LogP contribution in [-0.4, -0.2) is 15.9 Å². The van der Waals surface area contributed by atoms with Crippen LogP contribution in [0.15, 0.2) is 18.2 Å². The maximum Gasteiger partial charge on any atom is 0.269 e. The quantitative estimate of drug-likeness (QED) is 0.446. The average Bonchev–Trinajstić information content (AvgIpc) is 2.41. The van der Waals surface area contributed by atoms with E-state index in [0.29, 0.717) is 4.83 Å². The summed E-state index contributed by atoms with van der Waals surface area (Å²) in [7, 11) is 0. The van der Waals surface area contributed by atoms with Gasteiger partial charge in [-0.05, 0) is 37.8 Å². The zero-order valence-corrected chi connectivity index (χ0v) is 13.6. The molecule has 0 bridgehead atoms. The minimum absolute atomic E-state index is 0.110. The number of nitrogens with zero attached hydrogens (tertiary/aromatic N) is 1. The molecule has 1 saturated carbocycles. The lowest BCUT2D eigenvalue weighted by atomic mass is 9.62. The lowest BCUT2D eigenvalue weighted by Gasteiger charge is -2.52. The summed E-state index contributed by atoms with van der Waals surface area (Å²) in [6.07, 6.45) is 3.30. The first-order valence-electron chi connectivity index (χ1n) is 7.00. The van der Waals surface area contributed by atoms with Crippen LogP contribution in [0.2, 0.25) is 0 Å². The van der Waals surface area contributed by atoms with Crippen LogP contribution < -0.4 is 4.74 Å². The van der Waals surface area contributed by atoms with Crippen LogP contribution in [0, 0.1) is 22.5 Å². The first-order valence-corrected chi connectivity index (χ1v) is 7.92. The molecular weight excluding hydrogens is 322 g/mol. The highest BCUT2D eigenvalue weighted by molar-refractivity contribution is 9.09. The summed E-state index contributed by atoms with van der Waals surface area (Å²) >= 11 is 3.74. The Morgan fingerprint density at radius 2 is 2.10 bits per heavy atom. The van der Waals surface area contributed by atoms with E-state index in [-0.39, 0.29) is 22.1 Å². The van der Waals surface area contributed by atoms with E-state index in [1.807, 2.05) is 6.92 Å². The number of ether oxygens (including phenoxy) is 1. The van der Waals surface area contributed by atoms with Gasteiger partial charge in [0.1, 0.15) is 11.9 Å². The zero-order valence-electron chi connectivity index (χ0n) is 12.1. The molecule has 0 amide bonds. The monoisotopic (exact) mass is 341 g/mol. The topological polar surface area (TPSA) is 52.4 Å². The van der Waals surface area contributed by atoms with Crippen molar-refractivity contribution in [2.24, 2.45) is 5.41 Å². The van der Waals surface area contributed by atoms with Crippen LogP contribution in [0.4, 0.5) is 5.69 Å². The molecular formula is C15H20BrNO3. The number of rotatable bonds is 5. The number of aryl methyl sites for hydroxylation is 1. The van der Waals surface area contributed by atoms with E-state index in [9.17, 15) is 10.1 Å². The predicted molar refractivity (Wildman–Crippen MR) is 82.6 cm³/mol. The highest BCUT2D eigenvalue weighted by Crippen LogP contribution is 2.52. The highest BCUT2D eigenvalue weighted by Gasteiger charge is 2.53. The van der Waals surface area contributed by atoms with Gasteiger partial charge in [0.05, 0.1) is 4.92 Å². The van der Waals surface area contributed by atoms with E-state index in [1.165, 1.54) is 6.07 Å². The van der Waals surface area contributed by atoms with Crippen molar-refractivity contribution in [1.82, 2.24) is 0 Å². The van der Waals surface area contributed by atoms with E-state index in [1.54, 1.807) is 12.1 Å². The van der Waals surface area contributed by atoms with Crippen LogP contribution in [0.3, 0.4) is 0 Å². The van der Waals surface area contributed by atoms with Crippen LogP contribution in [0.25, 0.3) is 0 Å². The molecule has 1 aromatic carbocycles. The molecule has 2 atom stereocenters. The Bertz CT molecular complexity index is 514. The number of hydrogen-bond acceptors (Lipinski definition) is 3. The Morgan fingerprint density at radius 3 is 2.55 bits per heavy atom. The van der Waals surface area contributed by atoms with Gasteiger partial charge in [0, 0.05) is 22.4 Å². The van der Waals surface area contributed by atoms with E-state index in [2.05, 4.69) is 29.8 Å². The maximum atomic E-state index is 10.8. The van der Waals surface area contributed by atoms with Crippen LogP contribution in [0.5, 0.6) is 5.75 Å². The third-order valence-corrected chi connectivity index (χ3v) is 5.93. The van der Waals surface area contributed by atoms with E-state index < -0.39 is 0 Å². The van der Waals surface area contributed by atoms with Crippen molar-refractivity contribution in [3.63, 3.8) is 0 Å². The molecule has 1 fully saturated rings. The Balaban J connectivity index is 2.17. The molecule has 1 aliphatic carbocycles. The van der Waals surface area contributed by atoms with Crippen molar-refractivity contribution in [3.05, 3.63) is 33.9 Å². The van der Waals surface area contributed by atoms with Crippen LogP contribution in [-0.2, 0) is 0 Å². The van der Waals surface area contributed by atoms with Gasteiger partial charge in [0.2, 0.25) is 0 Å². The Morgan fingerprint density at radius 1 is 1.45 bits per heavy atom. The van der Waals surface area contributed by atoms with Gasteiger partial charge in [0.15, 0.2) is 0 Å². The molecule has 5 heteroatoms. The third-order valence-electron chi connectivity index (χ3n) is 4.64. The number of benzene rings is 1. The molecule has 0 aliphatic heterocycles. The standard InChI is InChI=1S/C15H20BrNO3/c1-4-15(5-2)13(16)9-14(15)20-12-7-6-11(17(18)19)8-10(12)3/h6-8,13-14H,4-5,9H2,1-3H3. The Kier molecular flexibility index (Phi) is 4.37. The van der Waals surface area contributed by atoms with Crippen LogP contribution in [0.1, 0.15) is 38.7 Å². The number of non-ortho nitro benzene ring substituents is 1. The minimum Gasteiger partial charge on any atom is -0.489 e. The van der Waals surface area contributed by atoms with Gasteiger partial charge in [-0.3, -0.25) is 10.1 Å². The Labute approximate surface area is 127 Å². The molecule has 1 aliphatic rings. The predicted octanol–water partition coefficient (Wildman–Crippen LogP) is 4.62. The van der Waals surface area contributed by atoms with Gasteiger partial charge >= 0.3 is 0 Å². The lowest BCUT2D eigenvalue weighted by molar-refractivity contribution is -0.384. The number of nitro benzene ring substituents is 1. The first kappa shape index (κ1) is 15.3. The summed E-state index contributed by atoms with van der Waals surface area (Å²) in [5.41, 5.74) is 1.10. The van der Waals surface area contributed by atoms with Gasteiger partial charge < -0.3 is 4.74 Å². The van der Waals surface area contributed by atoms with Crippen LogP contribution >= 0.6 is 15.9 Å². The summed E-state index contributed by atoms with van der Waals surface area (Å²) in [6.45, 7) is 6.23. The lowest BCUT2D eigenvalue weighted by Crippen LogP contribution is -2.56. The van der Waals surface area contributed by atoms with Crippen molar-refractivity contribution < 1.29 is 9.66 Å². The molecule has 0 spiro atoms. The van der Waals surface area contributed by atoms with Gasteiger partial charge in [-0.2, -0.15) is 0 Å². The van der Waals surface area contributed by atoms with Gasteiger partial charge in [-0.1, -0.05) is 29.8 Å². The SMILES string of the molecule is CCC1(CC)C(Br)CC1Oc1ccc([N+](=O)[O-])cc1C. The normalized spacial score (nSPS) is 24.0. The van der Waals surface area contributed by atoms with Crippen molar-refractivity contribution in [3.8, 4) is 5.75 Å². The fourth-order valence-corrected chi connectivity index (χ4v) is 4.33. The number of alkyl halides is 1. The van der Waals surface area contributed by atoms with Gasteiger partial charge in [-0.25, -0.2) is 0 Å². The van der Waals surface area contributed by atoms with E-state index >= 15 is 0 Å². The summed E-state index contributed by atoms with van der Waals surface area (Å²) in [5.74, 6) is 0.756. The summed E-state index contributed by atoms with van der Waals surface area (Å²) in [5, 5.41) is 10.8. The number of hydrogen-bond donors (Lipinski definition) is 0. The molecule has 0 heterocycles. The Hall–Kier alpha value is -1.10. The van der Waals surface area contributed by atoms with Gasteiger partial charge in [0.25, 0.3) is 5.69 Å². The molecule has 1 aromatic rings. The molecule has 0 saturated heterocycles. The largest absolute Gasteiger partial charge is 0.489 e. The number of halogens is 1. The fourth-order valence-electron chi connectivity index (χ4n) is 3.05. The minimum atomic E-state index is -0.378. The molecule has 20 heavy (non-hydrogen) atoms. The summed E-state index contributed by atoms with van der Waals surface area (Å²) in [4.78, 5) is 10.9. The van der Waals surface area contributed by atoms with Crippen molar-refractivity contribution >= 4 is 21.6 Å². The second kappa shape index (κ2) is 5.72. The molecule has 2 rings (SSSR count). The smallest absolute Gasteiger partial charge is 0.269 e. The second-order valence-electron chi connectivity index (χ2n) is 5.46. The molecule has 2 unspecified atom stereocenters. The second-order valence-corrected chi connectivity index (χ2v) is 6.56. The number of nitro groups is 1. The molecule has 0 radical (unpaired) electrons. The molecule has 4 nitrogen and oxygen atoms in total. The van der Waals surface area contributed by atoms with Crippen molar-refractivity contribution in [2.45, 2.75) is 51.0 Å². The fraction of sp³-hybridized carbons (Fsp3) is 0.600. The van der Waals surface area contributed by atoms with E-state index in [0.717, 1.165) is 30.6 Å². The summed E-state index contributed by atoms with van der Waals surface area (Å²) < 4.78 is 6.13. The average molecular weight is 342 g/mol. The van der Waals surface area contributed by atoms with Gasteiger partial charge in [-0.15, -0.1) is 0 Å². The molecule has 0 N–H and O–H groups in total. The van der Waals surface area contributed by atoms with Crippen molar-refractivity contribution in [2.75, 3.05) is 0 Å².